The molecular weight excluding hydrogens is 266 g/mol. The molecule has 2 unspecified atom stereocenters. The third-order valence-electron chi connectivity index (χ3n) is 4.33. The Kier molecular flexibility index (Phi) is 8.88. The lowest BCUT2D eigenvalue weighted by Crippen LogP contribution is -2.41. The van der Waals surface area contributed by atoms with Crippen molar-refractivity contribution in [3.8, 4) is 0 Å². The standard InChI is InChI=1S/C16H33N3O2/c1-5-17-15(16(20)21-8-4)10-12-18-11-9-14(13-18)19(6-2)7-3/h14-15,17H,5-13H2,1-4H3. The molecule has 2 atom stereocenters. The van der Waals surface area contributed by atoms with E-state index in [4.69, 9.17) is 4.74 Å². The van der Waals surface area contributed by atoms with Crippen molar-refractivity contribution >= 4 is 5.97 Å². The highest BCUT2D eigenvalue weighted by molar-refractivity contribution is 5.75. The minimum atomic E-state index is -0.164. The van der Waals surface area contributed by atoms with Gasteiger partial charge in [-0.3, -0.25) is 9.69 Å². The van der Waals surface area contributed by atoms with Crippen LogP contribution in [0.25, 0.3) is 0 Å². The fraction of sp³-hybridized carbons (Fsp3) is 0.938. The third-order valence-corrected chi connectivity index (χ3v) is 4.33. The molecule has 1 N–H and O–H groups in total. The van der Waals surface area contributed by atoms with Gasteiger partial charge in [0.05, 0.1) is 6.61 Å². The van der Waals surface area contributed by atoms with E-state index in [1.165, 1.54) is 6.42 Å². The summed E-state index contributed by atoms with van der Waals surface area (Å²) in [6.07, 6.45) is 2.07. The molecule has 1 aliphatic heterocycles. The molecule has 1 rings (SSSR count). The maximum absolute atomic E-state index is 11.9. The number of nitrogens with one attached hydrogen (secondary N) is 1. The van der Waals surface area contributed by atoms with Crippen LogP contribution in [0.1, 0.15) is 40.5 Å². The molecule has 0 aliphatic carbocycles. The van der Waals surface area contributed by atoms with E-state index in [-0.39, 0.29) is 12.0 Å². The Morgan fingerprint density at radius 1 is 1.33 bits per heavy atom. The minimum absolute atomic E-state index is 0.112. The van der Waals surface area contributed by atoms with Crippen LogP contribution >= 0.6 is 0 Å². The quantitative estimate of drug-likeness (QED) is 0.617. The molecule has 0 radical (unpaired) electrons. The van der Waals surface area contributed by atoms with Crippen LogP contribution in [0.4, 0.5) is 0 Å². The lowest BCUT2D eigenvalue weighted by Gasteiger charge is -2.26. The third kappa shape index (κ3) is 5.93. The van der Waals surface area contributed by atoms with Crippen molar-refractivity contribution < 1.29 is 9.53 Å². The molecule has 0 spiro atoms. The second kappa shape index (κ2) is 10.1. The number of hydrogen-bond donors (Lipinski definition) is 1. The van der Waals surface area contributed by atoms with Crippen LogP contribution in [0, 0.1) is 0 Å². The van der Waals surface area contributed by atoms with Crippen molar-refractivity contribution in [2.45, 2.75) is 52.6 Å². The van der Waals surface area contributed by atoms with Crippen LogP contribution in [-0.4, -0.2) is 73.7 Å². The van der Waals surface area contributed by atoms with Crippen LogP contribution in [0.3, 0.4) is 0 Å². The summed E-state index contributed by atoms with van der Waals surface area (Å²) in [6, 6.07) is 0.516. The predicted molar refractivity (Wildman–Crippen MR) is 86.5 cm³/mol. The topological polar surface area (TPSA) is 44.8 Å². The van der Waals surface area contributed by atoms with Crippen molar-refractivity contribution in [1.29, 1.82) is 0 Å². The molecule has 0 aromatic rings. The van der Waals surface area contributed by atoms with Crippen LogP contribution in [-0.2, 0) is 9.53 Å². The summed E-state index contributed by atoms with van der Waals surface area (Å²) in [4.78, 5) is 16.9. The lowest BCUT2D eigenvalue weighted by atomic mass is 10.2. The summed E-state index contributed by atoms with van der Waals surface area (Å²) >= 11 is 0. The van der Waals surface area contributed by atoms with Crippen LogP contribution in [0.2, 0.25) is 0 Å². The number of nitrogens with zero attached hydrogens (tertiary/aromatic N) is 2. The molecule has 1 fully saturated rings. The maximum atomic E-state index is 11.9. The highest BCUT2D eigenvalue weighted by Crippen LogP contribution is 2.16. The summed E-state index contributed by atoms with van der Waals surface area (Å²) in [5, 5.41) is 3.24. The molecule has 0 aromatic heterocycles. The normalized spacial score (nSPS) is 20.9. The molecule has 5 nitrogen and oxygen atoms in total. The average Bonchev–Trinajstić information content (AvgIpc) is 2.94. The number of carbonyl (C=O) groups excluding carboxylic acids is 1. The Hall–Kier alpha value is -0.650. The monoisotopic (exact) mass is 299 g/mol. The maximum Gasteiger partial charge on any atom is 0.323 e. The molecule has 0 amide bonds. The Balaban J connectivity index is 2.38. The SMILES string of the molecule is CCNC(CCN1CCC(N(CC)CC)C1)C(=O)OCC. The Bertz CT molecular complexity index is 295. The van der Waals surface area contributed by atoms with E-state index in [0.717, 1.165) is 45.7 Å². The van der Waals surface area contributed by atoms with Gasteiger partial charge in [0, 0.05) is 19.1 Å². The summed E-state index contributed by atoms with van der Waals surface area (Å²) in [5.74, 6) is -0.112. The molecule has 0 bridgehead atoms. The van der Waals surface area contributed by atoms with Gasteiger partial charge in [-0.05, 0) is 45.9 Å². The van der Waals surface area contributed by atoms with Gasteiger partial charge >= 0.3 is 5.97 Å². The molecular formula is C16H33N3O2. The van der Waals surface area contributed by atoms with Crippen molar-refractivity contribution in [2.24, 2.45) is 0 Å². The first kappa shape index (κ1) is 18.4. The Labute approximate surface area is 130 Å². The number of ether oxygens (including phenoxy) is 1. The van der Waals surface area contributed by atoms with Crippen molar-refractivity contribution in [3.63, 3.8) is 0 Å². The van der Waals surface area contributed by atoms with Gasteiger partial charge in [-0.2, -0.15) is 0 Å². The summed E-state index contributed by atoms with van der Waals surface area (Å²) in [7, 11) is 0. The van der Waals surface area contributed by atoms with E-state index in [0.29, 0.717) is 12.6 Å². The van der Waals surface area contributed by atoms with Crippen molar-refractivity contribution in [3.05, 3.63) is 0 Å². The highest BCUT2D eigenvalue weighted by atomic mass is 16.5. The van der Waals surface area contributed by atoms with Gasteiger partial charge in [0.1, 0.15) is 6.04 Å². The molecule has 0 aromatic carbocycles. The summed E-state index contributed by atoms with van der Waals surface area (Å²) < 4.78 is 5.14. The van der Waals surface area contributed by atoms with Gasteiger partial charge in [-0.25, -0.2) is 0 Å². The van der Waals surface area contributed by atoms with Gasteiger partial charge in [0.25, 0.3) is 0 Å². The van der Waals surface area contributed by atoms with Gasteiger partial charge in [-0.15, -0.1) is 0 Å². The van der Waals surface area contributed by atoms with E-state index in [1.807, 2.05) is 13.8 Å². The lowest BCUT2D eigenvalue weighted by molar-refractivity contribution is -0.145. The van der Waals surface area contributed by atoms with E-state index < -0.39 is 0 Å². The number of likely N-dealkylation sites (N-methyl/N-ethyl adjacent to an activating group) is 2. The van der Waals surface area contributed by atoms with Gasteiger partial charge < -0.3 is 15.0 Å². The Morgan fingerprint density at radius 2 is 2.05 bits per heavy atom. The molecule has 1 aliphatic rings. The molecule has 5 heteroatoms. The zero-order valence-electron chi connectivity index (χ0n) is 14.2. The first-order chi connectivity index (χ1) is 10.2. The molecule has 1 heterocycles. The first-order valence-corrected chi connectivity index (χ1v) is 8.52. The minimum Gasteiger partial charge on any atom is -0.465 e. The molecule has 21 heavy (non-hydrogen) atoms. The van der Waals surface area contributed by atoms with Crippen molar-refractivity contribution in [2.75, 3.05) is 45.9 Å². The van der Waals surface area contributed by atoms with E-state index in [2.05, 4.69) is 29.0 Å². The zero-order chi connectivity index (χ0) is 15.7. The van der Waals surface area contributed by atoms with Gasteiger partial charge in [0.15, 0.2) is 0 Å². The summed E-state index contributed by atoms with van der Waals surface area (Å²) in [5.41, 5.74) is 0. The number of rotatable bonds is 10. The molecule has 1 saturated heterocycles. The van der Waals surface area contributed by atoms with E-state index in [1.54, 1.807) is 0 Å². The zero-order valence-corrected chi connectivity index (χ0v) is 14.2. The predicted octanol–water partition coefficient (Wildman–Crippen LogP) is 1.33. The summed E-state index contributed by atoms with van der Waals surface area (Å²) in [6.45, 7) is 15.1. The fourth-order valence-electron chi connectivity index (χ4n) is 3.16. The van der Waals surface area contributed by atoms with Crippen LogP contribution < -0.4 is 5.32 Å². The second-order valence-corrected chi connectivity index (χ2v) is 5.62. The smallest absolute Gasteiger partial charge is 0.323 e. The number of likely N-dealkylation sites (tertiary alicyclic amines) is 1. The second-order valence-electron chi connectivity index (χ2n) is 5.62. The first-order valence-electron chi connectivity index (χ1n) is 8.52. The van der Waals surface area contributed by atoms with Gasteiger partial charge in [-0.1, -0.05) is 20.8 Å². The molecule has 0 saturated carbocycles. The van der Waals surface area contributed by atoms with Crippen LogP contribution in [0.15, 0.2) is 0 Å². The van der Waals surface area contributed by atoms with E-state index >= 15 is 0 Å². The number of esters is 1. The Morgan fingerprint density at radius 3 is 2.62 bits per heavy atom. The van der Waals surface area contributed by atoms with Crippen molar-refractivity contribution in [1.82, 2.24) is 15.1 Å². The number of hydrogen-bond acceptors (Lipinski definition) is 5. The number of carbonyl (C=O) groups is 1. The van der Waals surface area contributed by atoms with Crippen LogP contribution in [0.5, 0.6) is 0 Å². The average molecular weight is 299 g/mol. The van der Waals surface area contributed by atoms with E-state index in [9.17, 15) is 4.79 Å². The van der Waals surface area contributed by atoms with Gasteiger partial charge in [0.2, 0.25) is 0 Å². The largest absolute Gasteiger partial charge is 0.465 e. The fourth-order valence-corrected chi connectivity index (χ4v) is 3.16. The highest BCUT2D eigenvalue weighted by Gasteiger charge is 2.27. The molecule has 124 valence electrons.